The summed E-state index contributed by atoms with van der Waals surface area (Å²) in [6.45, 7) is 1.61. The van der Waals surface area contributed by atoms with E-state index in [9.17, 15) is 13.6 Å². The lowest BCUT2D eigenvalue weighted by Gasteiger charge is -2.32. The number of urea groups is 1. The van der Waals surface area contributed by atoms with Gasteiger partial charge in [0.15, 0.2) is 0 Å². The number of rotatable bonds is 1. The molecular weight excluding hydrogens is 354 g/mol. The fourth-order valence-corrected chi connectivity index (χ4v) is 2.74. The summed E-state index contributed by atoms with van der Waals surface area (Å²) in [4.78, 5) is 13.2. The molecule has 20 heavy (non-hydrogen) atoms. The summed E-state index contributed by atoms with van der Waals surface area (Å²) in [5.74, 6) is -2.80. The fourth-order valence-electron chi connectivity index (χ4n) is 2.11. The number of carbonyl (C=O) groups excluding carboxylic acids is 1. The van der Waals surface area contributed by atoms with Crippen molar-refractivity contribution in [3.05, 3.63) is 27.2 Å². The first kappa shape index (κ1) is 15.5. The molecule has 0 unspecified atom stereocenters. The minimum atomic E-state index is -2.80. The van der Waals surface area contributed by atoms with Crippen molar-refractivity contribution >= 4 is 39.2 Å². The first-order valence-electron chi connectivity index (χ1n) is 6.18. The van der Waals surface area contributed by atoms with E-state index in [1.54, 1.807) is 12.1 Å². The lowest BCUT2D eigenvalue weighted by Crippen LogP contribution is -2.47. The maximum atomic E-state index is 13.3. The second kappa shape index (κ2) is 5.85. The van der Waals surface area contributed by atoms with Gasteiger partial charge in [-0.3, -0.25) is 0 Å². The van der Waals surface area contributed by atoms with Gasteiger partial charge in [-0.05, 0) is 47.0 Å². The highest BCUT2D eigenvalue weighted by molar-refractivity contribution is 9.10. The van der Waals surface area contributed by atoms with Gasteiger partial charge in [0.25, 0.3) is 5.92 Å². The SMILES string of the molecule is Cc1cc(Br)c(Cl)cc1NC(=O)N1CCCC(F)(F)C1. The molecule has 2 rings (SSSR count). The zero-order chi connectivity index (χ0) is 14.9. The summed E-state index contributed by atoms with van der Waals surface area (Å²) < 4.78 is 27.3. The summed E-state index contributed by atoms with van der Waals surface area (Å²) in [7, 11) is 0. The summed E-state index contributed by atoms with van der Waals surface area (Å²) in [6, 6.07) is 2.84. The molecule has 1 aromatic carbocycles. The van der Waals surface area contributed by atoms with Gasteiger partial charge in [-0.25, -0.2) is 13.6 Å². The average molecular weight is 368 g/mol. The third-order valence-electron chi connectivity index (χ3n) is 3.19. The number of benzene rings is 1. The second-order valence-corrected chi connectivity index (χ2v) is 6.15. The van der Waals surface area contributed by atoms with Crippen molar-refractivity contribution in [1.29, 1.82) is 0 Å². The largest absolute Gasteiger partial charge is 0.322 e. The van der Waals surface area contributed by atoms with Crippen LogP contribution < -0.4 is 5.32 Å². The topological polar surface area (TPSA) is 32.3 Å². The Hall–Kier alpha value is -0.880. The summed E-state index contributed by atoms with van der Waals surface area (Å²) in [5, 5.41) is 3.09. The maximum absolute atomic E-state index is 13.3. The Morgan fingerprint density at radius 2 is 2.20 bits per heavy atom. The van der Waals surface area contributed by atoms with Gasteiger partial charge in [-0.1, -0.05) is 11.6 Å². The Morgan fingerprint density at radius 3 is 2.85 bits per heavy atom. The van der Waals surface area contributed by atoms with Crippen LogP contribution in [0.15, 0.2) is 16.6 Å². The Kier molecular flexibility index (Phi) is 4.54. The molecule has 1 aliphatic rings. The van der Waals surface area contributed by atoms with Crippen LogP contribution in [0.3, 0.4) is 0 Å². The molecular formula is C13H14BrClF2N2O. The maximum Gasteiger partial charge on any atom is 0.322 e. The van der Waals surface area contributed by atoms with Crippen LogP contribution in [0, 0.1) is 6.92 Å². The molecule has 0 spiro atoms. The van der Waals surface area contributed by atoms with Crippen LogP contribution in [-0.4, -0.2) is 29.9 Å². The molecule has 0 atom stereocenters. The quantitative estimate of drug-likeness (QED) is 0.768. The van der Waals surface area contributed by atoms with E-state index in [1.165, 1.54) is 0 Å². The number of piperidine rings is 1. The molecule has 1 aliphatic heterocycles. The number of likely N-dealkylation sites (tertiary alicyclic amines) is 1. The Bertz CT molecular complexity index is 539. The number of alkyl halides is 2. The van der Waals surface area contributed by atoms with Gasteiger partial charge >= 0.3 is 6.03 Å². The molecule has 1 N–H and O–H groups in total. The lowest BCUT2D eigenvalue weighted by atomic mass is 10.1. The molecule has 7 heteroatoms. The predicted octanol–water partition coefficient (Wildman–Crippen LogP) is 4.67. The predicted molar refractivity (Wildman–Crippen MR) is 78.7 cm³/mol. The van der Waals surface area contributed by atoms with Crippen molar-refractivity contribution in [2.75, 3.05) is 18.4 Å². The molecule has 0 saturated carbocycles. The van der Waals surface area contributed by atoms with E-state index in [-0.39, 0.29) is 6.42 Å². The Labute approximate surface area is 129 Å². The molecule has 0 radical (unpaired) electrons. The highest BCUT2D eigenvalue weighted by Gasteiger charge is 2.37. The average Bonchev–Trinajstić information content (AvgIpc) is 2.34. The van der Waals surface area contributed by atoms with E-state index < -0.39 is 18.5 Å². The molecule has 2 amide bonds. The minimum Gasteiger partial charge on any atom is -0.318 e. The van der Waals surface area contributed by atoms with E-state index >= 15 is 0 Å². The van der Waals surface area contributed by atoms with Gasteiger partial charge in [-0.2, -0.15) is 0 Å². The normalized spacial score (nSPS) is 17.9. The Morgan fingerprint density at radius 1 is 1.50 bits per heavy atom. The highest BCUT2D eigenvalue weighted by atomic mass is 79.9. The number of aryl methyl sites for hydroxylation is 1. The smallest absolute Gasteiger partial charge is 0.318 e. The van der Waals surface area contributed by atoms with Crippen molar-refractivity contribution < 1.29 is 13.6 Å². The molecule has 1 heterocycles. The highest BCUT2D eigenvalue weighted by Crippen LogP contribution is 2.30. The van der Waals surface area contributed by atoms with Crippen molar-refractivity contribution in [2.45, 2.75) is 25.7 Å². The second-order valence-electron chi connectivity index (χ2n) is 4.89. The Balaban J connectivity index is 2.10. The van der Waals surface area contributed by atoms with E-state index in [0.29, 0.717) is 23.7 Å². The van der Waals surface area contributed by atoms with Crippen molar-refractivity contribution in [2.24, 2.45) is 0 Å². The molecule has 0 aliphatic carbocycles. The first-order chi connectivity index (χ1) is 9.28. The van der Waals surface area contributed by atoms with Crippen LogP contribution in [0.25, 0.3) is 0 Å². The first-order valence-corrected chi connectivity index (χ1v) is 7.35. The third kappa shape index (κ3) is 3.61. The number of anilines is 1. The molecule has 1 fully saturated rings. The van der Waals surface area contributed by atoms with Crippen molar-refractivity contribution in [3.8, 4) is 0 Å². The van der Waals surface area contributed by atoms with Gasteiger partial charge in [0.05, 0.1) is 11.6 Å². The zero-order valence-electron chi connectivity index (χ0n) is 10.9. The summed E-state index contributed by atoms with van der Waals surface area (Å²) in [5.41, 5.74) is 1.33. The van der Waals surface area contributed by atoms with Gasteiger partial charge < -0.3 is 10.2 Å². The van der Waals surface area contributed by atoms with Crippen LogP contribution in [0.5, 0.6) is 0 Å². The van der Waals surface area contributed by atoms with E-state index in [0.717, 1.165) is 14.9 Å². The van der Waals surface area contributed by atoms with Gasteiger partial charge in [0.2, 0.25) is 0 Å². The summed E-state index contributed by atoms with van der Waals surface area (Å²) >= 11 is 9.25. The number of halogens is 4. The van der Waals surface area contributed by atoms with Crippen molar-refractivity contribution in [3.63, 3.8) is 0 Å². The van der Waals surface area contributed by atoms with Gasteiger partial charge in [0, 0.05) is 23.1 Å². The van der Waals surface area contributed by atoms with Crippen LogP contribution in [-0.2, 0) is 0 Å². The zero-order valence-corrected chi connectivity index (χ0v) is 13.2. The van der Waals surface area contributed by atoms with Crippen molar-refractivity contribution in [1.82, 2.24) is 4.90 Å². The van der Waals surface area contributed by atoms with Crippen LogP contribution in [0.1, 0.15) is 18.4 Å². The standard InChI is InChI=1S/C13H14BrClF2N2O/c1-8-5-9(14)10(15)6-11(8)18-12(20)19-4-2-3-13(16,17)7-19/h5-6H,2-4,7H2,1H3,(H,18,20). The number of hydrogen-bond acceptors (Lipinski definition) is 1. The summed E-state index contributed by atoms with van der Waals surface area (Å²) in [6.07, 6.45) is 0.139. The van der Waals surface area contributed by atoms with Gasteiger partial charge in [0.1, 0.15) is 0 Å². The minimum absolute atomic E-state index is 0.167. The molecule has 1 aromatic rings. The van der Waals surface area contributed by atoms with Crippen LogP contribution >= 0.6 is 27.5 Å². The number of nitrogens with one attached hydrogen (secondary N) is 1. The molecule has 1 saturated heterocycles. The van der Waals surface area contributed by atoms with E-state index in [1.807, 2.05) is 6.92 Å². The van der Waals surface area contributed by atoms with E-state index in [2.05, 4.69) is 21.2 Å². The van der Waals surface area contributed by atoms with Crippen LogP contribution in [0.2, 0.25) is 5.02 Å². The molecule has 0 aromatic heterocycles. The number of nitrogens with zero attached hydrogens (tertiary/aromatic N) is 1. The third-order valence-corrected chi connectivity index (χ3v) is 4.39. The monoisotopic (exact) mass is 366 g/mol. The van der Waals surface area contributed by atoms with Gasteiger partial charge in [-0.15, -0.1) is 0 Å². The van der Waals surface area contributed by atoms with E-state index in [4.69, 9.17) is 11.6 Å². The lowest BCUT2D eigenvalue weighted by molar-refractivity contribution is -0.0510. The molecule has 110 valence electrons. The number of carbonyl (C=O) groups is 1. The molecule has 3 nitrogen and oxygen atoms in total. The molecule has 0 bridgehead atoms. The number of amides is 2. The number of hydrogen-bond donors (Lipinski definition) is 1. The van der Waals surface area contributed by atoms with Crippen LogP contribution in [0.4, 0.5) is 19.3 Å². The fraction of sp³-hybridized carbons (Fsp3) is 0.462.